The maximum atomic E-state index is 13.2. The Morgan fingerprint density at radius 3 is 1.62 bits per heavy atom. The van der Waals surface area contributed by atoms with Crippen molar-refractivity contribution in [3.8, 4) is 23.0 Å². The maximum absolute atomic E-state index is 13.2. The summed E-state index contributed by atoms with van der Waals surface area (Å²) in [5, 5.41) is 0.110. The van der Waals surface area contributed by atoms with Crippen molar-refractivity contribution in [2.45, 2.75) is 40.7 Å². The Labute approximate surface area is 243 Å². The van der Waals surface area contributed by atoms with Crippen LogP contribution in [-0.2, 0) is 0 Å². The van der Waals surface area contributed by atoms with Gasteiger partial charge in [0, 0.05) is 5.56 Å². The van der Waals surface area contributed by atoms with Crippen molar-refractivity contribution in [3.63, 3.8) is 0 Å². The van der Waals surface area contributed by atoms with Gasteiger partial charge >= 0.3 is 11.9 Å². The van der Waals surface area contributed by atoms with Crippen LogP contribution in [0, 0.1) is 19.3 Å². The summed E-state index contributed by atoms with van der Waals surface area (Å²) in [6, 6.07) is 9.52. The summed E-state index contributed by atoms with van der Waals surface area (Å²) in [5.74, 6) is -1.78. The van der Waals surface area contributed by atoms with Gasteiger partial charge in [-0.2, -0.15) is 0 Å². The molecule has 10 heteroatoms. The van der Waals surface area contributed by atoms with E-state index in [0.29, 0.717) is 17.1 Å². The molecular formula is C30H31Cl2NO7. The SMILES string of the molecule is COc1c(C)ccc(C(=O)Oc2ccc(C(=O)C(N)C(C)(C)C)cc2OC(=O)c2ccc(C)c(OC)c2Cl)c1Cl. The van der Waals surface area contributed by atoms with Crippen LogP contribution in [0.25, 0.3) is 0 Å². The van der Waals surface area contributed by atoms with Gasteiger partial charge in [-0.25, -0.2) is 9.59 Å². The molecular weight excluding hydrogens is 557 g/mol. The maximum Gasteiger partial charge on any atom is 0.345 e. The zero-order valence-electron chi connectivity index (χ0n) is 23.3. The van der Waals surface area contributed by atoms with Crippen LogP contribution in [0.3, 0.4) is 0 Å². The molecule has 0 bridgehead atoms. The molecule has 0 aliphatic rings. The van der Waals surface area contributed by atoms with E-state index in [9.17, 15) is 14.4 Å². The quantitative estimate of drug-likeness (QED) is 0.177. The van der Waals surface area contributed by atoms with Crippen molar-refractivity contribution in [2.24, 2.45) is 11.1 Å². The predicted octanol–water partition coefficient (Wildman–Crippen LogP) is 6.62. The van der Waals surface area contributed by atoms with Gasteiger partial charge in [0.25, 0.3) is 0 Å². The van der Waals surface area contributed by atoms with E-state index in [4.69, 9.17) is 47.9 Å². The first-order chi connectivity index (χ1) is 18.7. The van der Waals surface area contributed by atoms with Crippen LogP contribution in [0.1, 0.15) is 63.0 Å². The minimum atomic E-state index is -0.861. The summed E-state index contributed by atoms with van der Waals surface area (Å²) in [5.41, 5.74) is 7.29. The van der Waals surface area contributed by atoms with Crippen molar-refractivity contribution in [1.82, 2.24) is 0 Å². The predicted molar refractivity (Wildman–Crippen MR) is 154 cm³/mol. The molecule has 3 aromatic rings. The van der Waals surface area contributed by atoms with E-state index in [2.05, 4.69) is 0 Å². The molecule has 8 nitrogen and oxygen atoms in total. The van der Waals surface area contributed by atoms with Gasteiger partial charge in [-0.15, -0.1) is 0 Å². The molecule has 0 amide bonds. The number of nitrogens with two attached hydrogens (primary N) is 1. The molecule has 3 rings (SSSR count). The number of benzene rings is 3. The zero-order chi connectivity index (χ0) is 29.9. The largest absolute Gasteiger partial charge is 0.495 e. The first-order valence-electron chi connectivity index (χ1n) is 12.3. The number of hydrogen-bond donors (Lipinski definition) is 1. The lowest BCUT2D eigenvalue weighted by molar-refractivity contribution is 0.0681. The van der Waals surface area contributed by atoms with Gasteiger partial charge in [0.1, 0.15) is 11.5 Å². The number of methoxy groups -OCH3 is 2. The number of Topliss-reactive ketones (excluding diaryl/α,β-unsaturated/α-hetero) is 1. The average Bonchev–Trinajstić information content (AvgIpc) is 2.88. The molecule has 0 aromatic heterocycles. The fourth-order valence-electron chi connectivity index (χ4n) is 3.83. The number of esters is 2. The Bertz CT molecular complexity index is 1480. The lowest BCUT2D eigenvalue weighted by Crippen LogP contribution is -2.42. The van der Waals surface area contributed by atoms with E-state index in [0.717, 1.165) is 5.56 Å². The number of carbonyl (C=O) groups is 3. The van der Waals surface area contributed by atoms with Crippen molar-refractivity contribution < 1.29 is 33.3 Å². The van der Waals surface area contributed by atoms with Crippen LogP contribution < -0.4 is 24.7 Å². The first-order valence-corrected chi connectivity index (χ1v) is 13.0. The summed E-state index contributed by atoms with van der Waals surface area (Å²) in [6.45, 7) is 9.05. The first kappa shape index (κ1) is 30.9. The van der Waals surface area contributed by atoms with Crippen molar-refractivity contribution >= 4 is 40.9 Å². The van der Waals surface area contributed by atoms with E-state index in [1.807, 2.05) is 20.8 Å². The third kappa shape index (κ3) is 6.41. The molecule has 3 aromatic carbocycles. The third-order valence-corrected chi connectivity index (χ3v) is 7.04. The molecule has 0 saturated heterocycles. The standard InChI is InChI=1S/C30H31Cl2NO7/c1-15-8-11-18(22(31)25(15)37-6)28(35)39-20-13-10-17(24(34)27(33)30(3,4)5)14-21(20)40-29(36)19-12-9-16(2)26(38-7)23(19)32/h8-14,27H,33H2,1-7H3. The molecule has 0 spiro atoms. The number of aryl methyl sites for hydroxylation is 2. The van der Waals surface area contributed by atoms with Gasteiger partial charge < -0.3 is 24.7 Å². The summed E-state index contributed by atoms with van der Waals surface area (Å²) < 4.78 is 21.8. The third-order valence-electron chi connectivity index (χ3n) is 6.29. The zero-order valence-corrected chi connectivity index (χ0v) is 24.8. The second kappa shape index (κ2) is 12.3. The van der Waals surface area contributed by atoms with Crippen LogP contribution in [0.15, 0.2) is 42.5 Å². The minimum absolute atomic E-state index is 0.0100. The monoisotopic (exact) mass is 587 g/mol. The number of ketones is 1. The van der Waals surface area contributed by atoms with Gasteiger partial charge in [0.05, 0.1) is 41.4 Å². The van der Waals surface area contributed by atoms with Gasteiger partial charge in [-0.1, -0.05) is 56.1 Å². The van der Waals surface area contributed by atoms with Crippen LogP contribution in [0.5, 0.6) is 23.0 Å². The molecule has 1 atom stereocenters. The Hall–Kier alpha value is -3.59. The Balaban J connectivity index is 2.06. The molecule has 1 unspecified atom stereocenters. The molecule has 40 heavy (non-hydrogen) atoms. The smallest absolute Gasteiger partial charge is 0.345 e. The number of rotatable bonds is 8. The summed E-state index contributed by atoms with van der Waals surface area (Å²) in [6.07, 6.45) is 0. The highest BCUT2D eigenvalue weighted by Crippen LogP contribution is 2.37. The fourth-order valence-corrected chi connectivity index (χ4v) is 4.56. The molecule has 212 valence electrons. The molecule has 2 N–H and O–H groups in total. The molecule has 0 aliphatic carbocycles. The number of halogens is 2. The van der Waals surface area contributed by atoms with Gasteiger partial charge in [-0.3, -0.25) is 4.79 Å². The highest BCUT2D eigenvalue weighted by atomic mass is 35.5. The van der Waals surface area contributed by atoms with E-state index in [1.165, 1.54) is 44.6 Å². The second-order valence-corrected chi connectivity index (χ2v) is 11.0. The number of carbonyl (C=O) groups excluding carboxylic acids is 3. The summed E-state index contributed by atoms with van der Waals surface area (Å²) >= 11 is 12.8. The average molecular weight is 588 g/mol. The van der Waals surface area contributed by atoms with Gasteiger partial charge in [0.15, 0.2) is 17.3 Å². The summed E-state index contributed by atoms with van der Waals surface area (Å²) in [7, 11) is 2.86. The summed E-state index contributed by atoms with van der Waals surface area (Å²) in [4.78, 5) is 39.5. The topological polar surface area (TPSA) is 114 Å². The molecule has 0 fully saturated rings. The minimum Gasteiger partial charge on any atom is -0.495 e. The highest BCUT2D eigenvalue weighted by Gasteiger charge is 2.30. The molecule has 0 saturated carbocycles. The molecule has 0 radical (unpaired) electrons. The van der Waals surface area contributed by atoms with E-state index in [-0.39, 0.29) is 44.0 Å². The molecule has 0 aliphatic heterocycles. The number of ether oxygens (including phenoxy) is 4. The van der Waals surface area contributed by atoms with Crippen LogP contribution in [-0.4, -0.2) is 38.0 Å². The lowest BCUT2D eigenvalue weighted by atomic mass is 9.83. The normalized spacial score (nSPS) is 11.9. The van der Waals surface area contributed by atoms with Gasteiger partial charge in [-0.05, 0) is 60.7 Å². The Kier molecular flexibility index (Phi) is 9.51. The lowest BCUT2D eigenvalue weighted by Gasteiger charge is -2.26. The van der Waals surface area contributed by atoms with Crippen molar-refractivity contribution in [1.29, 1.82) is 0 Å². The highest BCUT2D eigenvalue weighted by molar-refractivity contribution is 6.35. The van der Waals surface area contributed by atoms with Crippen molar-refractivity contribution in [2.75, 3.05) is 14.2 Å². The van der Waals surface area contributed by atoms with Crippen LogP contribution in [0.4, 0.5) is 0 Å². The van der Waals surface area contributed by atoms with Crippen LogP contribution in [0.2, 0.25) is 10.0 Å². The Morgan fingerprint density at radius 2 is 1.20 bits per heavy atom. The second-order valence-electron chi connectivity index (χ2n) is 10.2. The van der Waals surface area contributed by atoms with Gasteiger partial charge in [0.2, 0.25) is 0 Å². The number of hydrogen-bond acceptors (Lipinski definition) is 8. The van der Waals surface area contributed by atoms with E-state index in [1.54, 1.807) is 26.0 Å². The molecule has 0 heterocycles. The van der Waals surface area contributed by atoms with E-state index < -0.39 is 23.4 Å². The van der Waals surface area contributed by atoms with Crippen molar-refractivity contribution in [3.05, 3.63) is 80.3 Å². The Morgan fingerprint density at radius 1 is 0.750 bits per heavy atom. The van der Waals surface area contributed by atoms with E-state index >= 15 is 0 Å². The fraction of sp³-hybridized carbons (Fsp3) is 0.300. The van der Waals surface area contributed by atoms with Crippen LogP contribution >= 0.6 is 23.2 Å².